The number of aryl methyl sites for hydroxylation is 1. The lowest BCUT2D eigenvalue weighted by Crippen LogP contribution is -2.38. The van der Waals surface area contributed by atoms with E-state index in [1.54, 1.807) is 12.1 Å². The molecule has 21 heavy (non-hydrogen) atoms. The van der Waals surface area contributed by atoms with Gasteiger partial charge in [-0.15, -0.1) is 0 Å². The highest BCUT2D eigenvalue weighted by molar-refractivity contribution is 7.91. The van der Waals surface area contributed by atoms with Gasteiger partial charge in [-0.2, -0.15) is 0 Å². The summed E-state index contributed by atoms with van der Waals surface area (Å²) in [5, 5.41) is 5.42. The molecule has 0 aliphatic carbocycles. The number of anilines is 1. The molecule has 0 radical (unpaired) electrons. The topological polar surface area (TPSA) is 84.5 Å². The molecule has 0 unspecified atom stereocenters. The molecule has 2 N–H and O–H groups in total. The van der Waals surface area contributed by atoms with Gasteiger partial charge in [-0.05, 0) is 44.0 Å². The summed E-state index contributed by atoms with van der Waals surface area (Å²) in [4.78, 5) is 11.9. The fourth-order valence-corrected chi connectivity index (χ4v) is 3.96. The first-order chi connectivity index (χ1) is 9.89. The van der Waals surface area contributed by atoms with Crippen LogP contribution in [0.3, 0.4) is 0 Å². The van der Waals surface area contributed by atoms with E-state index < -0.39 is 9.84 Å². The van der Waals surface area contributed by atoms with Crippen LogP contribution in [0.2, 0.25) is 0 Å². The minimum atomic E-state index is -2.99. The molecule has 6 nitrogen and oxygen atoms in total. The maximum atomic E-state index is 11.9. The van der Waals surface area contributed by atoms with E-state index in [0.717, 1.165) is 11.3 Å². The molecule has 1 saturated heterocycles. The van der Waals surface area contributed by atoms with Gasteiger partial charge in [-0.1, -0.05) is 0 Å². The highest BCUT2D eigenvalue weighted by Gasteiger charge is 2.28. The molecular weight excluding hydrogens is 292 g/mol. The lowest BCUT2D eigenvalue weighted by atomic mass is 10.2. The Balaban J connectivity index is 1.94. The molecule has 1 aromatic carbocycles. The Morgan fingerprint density at radius 2 is 2.19 bits per heavy atom. The number of hydrogen-bond donors (Lipinski definition) is 2. The molecule has 0 saturated carbocycles. The smallest absolute Gasteiger partial charge is 0.319 e. The largest absolute Gasteiger partial charge is 0.494 e. The predicted octanol–water partition coefficient (Wildman–Crippen LogP) is 1.70. The minimum Gasteiger partial charge on any atom is -0.494 e. The van der Waals surface area contributed by atoms with Crippen molar-refractivity contribution in [2.75, 3.05) is 23.4 Å². The van der Waals surface area contributed by atoms with Crippen molar-refractivity contribution in [3.8, 4) is 5.75 Å². The summed E-state index contributed by atoms with van der Waals surface area (Å²) in [6, 6.07) is 4.71. The van der Waals surface area contributed by atoms with E-state index in [-0.39, 0.29) is 23.6 Å². The second-order valence-corrected chi connectivity index (χ2v) is 7.34. The third kappa shape index (κ3) is 4.35. The lowest BCUT2D eigenvalue weighted by molar-refractivity contribution is 0.249. The summed E-state index contributed by atoms with van der Waals surface area (Å²) in [5.41, 5.74) is 1.56. The zero-order chi connectivity index (χ0) is 15.5. The summed E-state index contributed by atoms with van der Waals surface area (Å²) in [6.45, 7) is 4.37. The van der Waals surface area contributed by atoms with Crippen LogP contribution in [-0.4, -0.2) is 38.6 Å². The van der Waals surface area contributed by atoms with Crippen molar-refractivity contribution < 1.29 is 17.9 Å². The Morgan fingerprint density at radius 3 is 2.76 bits per heavy atom. The molecule has 0 spiro atoms. The average Bonchev–Trinajstić information content (AvgIpc) is 2.72. The molecule has 1 aliphatic heterocycles. The number of nitrogens with one attached hydrogen (secondary N) is 2. The van der Waals surface area contributed by atoms with Gasteiger partial charge in [0.05, 0.1) is 18.1 Å². The molecule has 2 amide bonds. The van der Waals surface area contributed by atoms with Gasteiger partial charge in [0.1, 0.15) is 5.75 Å². The molecular formula is C14H20N2O4S. The van der Waals surface area contributed by atoms with Crippen molar-refractivity contribution in [2.45, 2.75) is 26.3 Å². The van der Waals surface area contributed by atoms with Gasteiger partial charge in [-0.3, -0.25) is 0 Å². The summed E-state index contributed by atoms with van der Waals surface area (Å²) < 4.78 is 28.1. The maximum absolute atomic E-state index is 11.9. The zero-order valence-corrected chi connectivity index (χ0v) is 13.0. The van der Waals surface area contributed by atoms with Gasteiger partial charge in [0.2, 0.25) is 0 Å². The monoisotopic (exact) mass is 312 g/mol. The van der Waals surface area contributed by atoms with E-state index in [1.807, 2.05) is 19.9 Å². The Morgan fingerprint density at radius 1 is 1.43 bits per heavy atom. The van der Waals surface area contributed by atoms with Crippen molar-refractivity contribution in [1.29, 1.82) is 0 Å². The van der Waals surface area contributed by atoms with Crippen LogP contribution in [0.15, 0.2) is 18.2 Å². The summed E-state index contributed by atoms with van der Waals surface area (Å²) in [7, 11) is -2.99. The van der Waals surface area contributed by atoms with Crippen LogP contribution in [0.25, 0.3) is 0 Å². The number of sulfone groups is 1. The molecule has 0 bridgehead atoms. The van der Waals surface area contributed by atoms with Gasteiger partial charge in [0.25, 0.3) is 0 Å². The van der Waals surface area contributed by atoms with E-state index in [4.69, 9.17) is 4.74 Å². The fraction of sp³-hybridized carbons (Fsp3) is 0.500. The van der Waals surface area contributed by atoms with E-state index >= 15 is 0 Å². The van der Waals surface area contributed by atoms with Gasteiger partial charge in [0, 0.05) is 11.7 Å². The zero-order valence-electron chi connectivity index (χ0n) is 12.2. The standard InChI is InChI=1S/C14H20N2O4S/c1-3-20-12-4-5-13(10(2)8-12)16-14(17)15-11-6-7-21(18,19)9-11/h4-5,8,11H,3,6-7,9H2,1-2H3,(H2,15,16,17)/t11-/m0/s1. The summed E-state index contributed by atoms with van der Waals surface area (Å²) in [6.07, 6.45) is 0.470. The Kier molecular flexibility index (Phi) is 4.72. The molecule has 1 aliphatic rings. The van der Waals surface area contributed by atoms with Crippen LogP contribution in [0.5, 0.6) is 5.75 Å². The SMILES string of the molecule is CCOc1ccc(NC(=O)N[C@H]2CCS(=O)(=O)C2)c(C)c1. The summed E-state index contributed by atoms with van der Waals surface area (Å²) >= 11 is 0. The molecule has 2 rings (SSSR count). The normalized spacial score (nSPS) is 20.0. The van der Waals surface area contributed by atoms with Crippen LogP contribution in [0.1, 0.15) is 18.9 Å². The molecule has 1 atom stereocenters. The van der Waals surface area contributed by atoms with Crippen LogP contribution in [0, 0.1) is 6.92 Å². The number of rotatable bonds is 4. The van der Waals surface area contributed by atoms with Crippen molar-refractivity contribution in [3.05, 3.63) is 23.8 Å². The number of benzene rings is 1. The maximum Gasteiger partial charge on any atom is 0.319 e. The quantitative estimate of drug-likeness (QED) is 0.886. The average molecular weight is 312 g/mol. The number of carbonyl (C=O) groups is 1. The Hall–Kier alpha value is -1.76. The minimum absolute atomic E-state index is 0.0165. The molecule has 116 valence electrons. The molecule has 1 aromatic rings. The van der Waals surface area contributed by atoms with Crippen molar-refractivity contribution in [1.82, 2.24) is 5.32 Å². The predicted molar refractivity (Wildman–Crippen MR) is 81.6 cm³/mol. The van der Waals surface area contributed by atoms with Gasteiger partial charge >= 0.3 is 6.03 Å². The highest BCUT2D eigenvalue weighted by atomic mass is 32.2. The number of ether oxygens (including phenoxy) is 1. The Labute approximate surface area is 124 Å². The van der Waals surface area contributed by atoms with Gasteiger partial charge in [-0.25, -0.2) is 13.2 Å². The number of amides is 2. The number of urea groups is 1. The highest BCUT2D eigenvalue weighted by Crippen LogP contribution is 2.21. The molecule has 1 heterocycles. The first-order valence-corrected chi connectivity index (χ1v) is 8.73. The Bertz CT molecular complexity index is 628. The van der Waals surface area contributed by atoms with E-state index in [0.29, 0.717) is 18.7 Å². The van der Waals surface area contributed by atoms with Crippen molar-refractivity contribution in [3.63, 3.8) is 0 Å². The molecule has 0 aromatic heterocycles. The third-order valence-electron chi connectivity index (χ3n) is 3.32. The van der Waals surface area contributed by atoms with Crippen LogP contribution >= 0.6 is 0 Å². The first kappa shape index (κ1) is 15.6. The van der Waals surface area contributed by atoms with E-state index in [2.05, 4.69) is 10.6 Å². The number of hydrogen-bond acceptors (Lipinski definition) is 4. The van der Waals surface area contributed by atoms with Gasteiger partial charge in [0.15, 0.2) is 9.84 Å². The third-order valence-corrected chi connectivity index (χ3v) is 5.09. The fourth-order valence-electron chi connectivity index (χ4n) is 2.29. The lowest BCUT2D eigenvalue weighted by Gasteiger charge is -2.14. The second kappa shape index (κ2) is 6.34. The second-order valence-electron chi connectivity index (χ2n) is 5.11. The van der Waals surface area contributed by atoms with Crippen LogP contribution in [0.4, 0.5) is 10.5 Å². The summed E-state index contributed by atoms with van der Waals surface area (Å²) in [5.74, 6) is 0.908. The van der Waals surface area contributed by atoms with Crippen molar-refractivity contribution >= 4 is 21.6 Å². The van der Waals surface area contributed by atoms with Crippen LogP contribution in [-0.2, 0) is 9.84 Å². The van der Waals surface area contributed by atoms with Gasteiger partial charge < -0.3 is 15.4 Å². The van der Waals surface area contributed by atoms with Crippen molar-refractivity contribution in [2.24, 2.45) is 0 Å². The van der Waals surface area contributed by atoms with Crippen LogP contribution < -0.4 is 15.4 Å². The van der Waals surface area contributed by atoms with E-state index in [9.17, 15) is 13.2 Å². The van der Waals surface area contributed by atoms with E-state index in [1.165, 1.54) is 0 Å². The molecule has 1 fully saturated rings. The first-order valence-electron chi connectivity index (χ1n) is 6.91. The number of carbonyl (C=O) groups excluding carboxylic acids is 1. The molecule has 7 heteroatoms.